The Morgan fingerprint density at radius 1 is 1.30 bits per heavy atom. The largest absolute Gasteiger partial charge is 0.497 e. The second kappa shape index (κ2) is 6.59. The first-order valence-electron chi connectivity index (χ1n) is 7.08. The Morgan fingerprint density at radius 2 is 2.00 bits per heavy atom. The molecule has 0 aliphatic carbocycles. The van der Waals surface area contributed by atoms with Crippen molar-refractivity contribution in [2.45, 2.75) is 37.0 Å². The topological polar surface area (TPSA) is 55.4 Å². The summed E-state index contributed by atoms with van der Waals surface area (Å²) in [5.74, 6) is 1.15. The molecule has 5 heteroatoms. The van der Waals surface area contributed by atoms with E-state index in [4.69, 9.17) is 4.74 Å². The van der Waals surface area contributed by atoms with Gasteiger partial charge in [-0.3, -0.25) is 0 Å². The molecule has 1 aromatic rings. The lowest BCUT2D eigenvalue weighted by Crippen LogP contribution is -2.46. The molecule has 1 aromatic carbocycles. The van der Waals surface area contributed by atoms with Crippen molar-refractivity contribution in [3.05, 3.63) is 29.8 Å². The summed E-state index contributed by atoms with van der Waals surface area (Å²) in [5.41, 5.74) is 1.13. The maximum atomic E-state index is 12.2. The van der Waals surface area contributed by atoms with Crippen molar-refractivity contribution in [3.63, 3.8) is 0 Å². The van der Waals surface area contributed by atoms with Gasteiger partial charge in [0, 0.05) is 6.04 Å². The summed E-state index contributed by atoms with van der Waals surface area (Å²) in [6.07, 6.45) is 3.30. The molecule has 0 spiro atoms. The van der Waals surface area contributed by atoms with Crippen LogP contribution in [0.15, 0.2) is 24.3 Å². The highest BCUT2D eigenvalue weighted by Crippen LogP contribution is 2.24. The maximum absolute atomic E-state index is 12.2. The first kappa shape index (κ1) is 15.3. The van der Waals surface area contributed by atoms with Crippen molar-refractivity contribution in [1.29, 1.82) is 0 Å². The molecule has 1 fully saturated rings. The van der Waals surface area contributed by atoms with E-state index in [1.807, 2.05) is 31.3 Å². The summed E-state index contributed by atoms with van der Waals surface area (Å²) in [7, 11) is 0.529. The third-order valence-electron chi connectivity index (χ3n) is 4.06. The molecule has 0 radical (unpaired) electrons. The molecular formula is C15H23NO3S. The minimum Gasteiger partial charge on any atom is -0.497 e. The summed E-state index contributed by atoms with van der Waals surface area (Å²) in [6, 6.07) is 7.81. The van der Waals surface area contributed by atoms with Crippen molar-refractivity contribution in [1.82, 2.24) is 5.32 Å². The third kappa shape index (κ3) is 3.52. The second-order valence-corrected chi connectivity index (χ2v) is 7.69. The highest BCUT2D eigenvalue weighted by Gasteiger charge is 2.34. The van der Waals surface area contributed by atoms with E-state index in [1.165, 1.54) is 0 Å². The van der Waals surface area contributed by atoms with Crippen molar-refractivity contribution in [2.75, 3.05) is 19.9 Å². The summed E-state index contributed by atoms with van der Waals surface area (Å²) in [4.78, 5) is 0. The van der Waals surface area contributed by atoms with Crippen LogP contribution in [0.25, 0.3) is 0 Å². The normalized spacial score (nSPS) is 23.2. The lowest BCUT2D eigenvalue weighted by molar-refractivity contribution is 0.414. The number of benzene rings is 1. The van der Waals surface area contributed by atoms with Crippen molar-refractivity contribution < 1.29 is 13.2 Å². The molecule has 2 unspecified atom stereocenters. The zero-order valence-electron chi connectivity index (χ0n) is 12.1. The van der Waals surface area contributed by atoms with Crippen molar-refractivity contribution in [3.8, 4) is 5.75 Å². The fraction of sp³-hybridized carbons (Fsp3) is 0.600. The van der Waals surface area contributed by atoms with E-state index in [-0.39, 0.29) is 11.3 Å². The van der Waals surface area contributed by atoms with Crippen LogP contribution in [-0.4, -0.2) is 39.6 Å². The van der Waals surface area contributed by atoms with E-state index >= 15 is 0 Å². The van der Waals surface area contributed by atoms with Crippen molar-refractivity contribution >= 4 is 9.84 Å². The number of methoxy groups -OCH3 is 1. The third-order valence-corrected chi connectivity index (χ3v) is 6.41. The Labute approximate surface area is 121 Å². The monoisotopic (exact) mass is 297 g/mol. The van der Waals surface area contributed by atoms with Gasteiger partial charge in [0.25, 0.3) is 0 Å². The molecule has 20 heavy (non-hydrogen) atoms. The first-order valence-corrected chi connectivity index (χ1v) is 8.80. The number of hydrogen-bond donors (Lipinski definition) is 1. The molecule has 1 N–H and O–H groups in total. The summed E-state index contributed by atoms with van der Waals surface area (Å²) < 4.78 is 29.6. The fourth-order valence-electron chi connectivity index (χ4n) is 2.87. The van der Waals surface area contributed by atoms with Crippen LogP contribution in [0.1, 0.15) is 24.8 Å². The minimum absolute atomic E-state index is 0.0197. The molecule has 112 valence electrons. The highest BCUT2D eigenvalue weighted by molar-refractivity contribution is 7.92. The predicted molar refractivity (Wildman–Crippen MR) is 81.0 cm³/mol. The van der Waals surface area contributed by atoms with Crippen LogP contribution in [0.4, 0.5) is 0 Å². The van der Waals surface area contributed by atoms with Gasteiger partial charge in [-0.25, -0.2) is 8.42 Å². The Morgan fingerprint density at radius 3 is 2.55 bits per heavy atom. The molecule has 1 aliphatic heterocycles. The van der Waals surface area contributed by atoms with Gasteiger partial charge in [0.05, 0.1) is 18.1 Å². The molecule has 0 amide bonds. The van der Waals surface area contributed by atoms with Crippen LogP contribution in [0.5, 0.6) is 5.75 Å². The van der Waals surface area contributed by atoms with Crippen LogP contribution < -0.4 is 10.1 Å². The van der Waals surface area contributed by atoms with E-state index in [0.717, 1.165) is 37.0 Å². The van der Waals surface area contributed by atoms with Crippen molar-refractivity contribution in [2.24, 2.45) is 0 Å². The number of nitrogens with one attached hydrogen (secondary N) is 1. The number of rotatable bonds is 5. The molecule has 4 nitrogen and oxygen atoms in total. The van der Waals surface area contributed by atoms with E-state index < -0.39 is 9.84 Å². The van der Waals surface area contributed by atoms with E-state index in [0.29, 0.717) is 5.75 Å². The fourth-order valence-corrected chi connectivity index (χ4v) is 5.03. The van der Waals surface area contributed by atoms with Crippen LogP contribution in [0.2, 0.25) is 0 Å². The zero-order valence-corrected chi connectivity index (χ0v) is 12.9. The van der Waals surface area contributed by atoms with Crippen LogP contribution >= 0.6 is 0 Å². The smallest absolute Gasteiger partial charge is 0.154 e. The Hall–Kier alpha value is -1.07. The lowest BCUT2D eigenvalue weighted by Gasteiger charge is -2.30. The molecule has 1 saturated heterocycles. The molecule has 0 bridgehead atoms. The number of sulfone groups is 1. The van der Waals surface area contributed by atoms with Crippen LogP contribution in [-0.2, 0) is 16.3 Å². The molecule has 2 atom stereocenters. The lowest BCUT2D eigenvalue weighted by atomic mass is 9.99. The SMILES string of the molecule is CNC(Cc1ccc(OC)cc1)C1CCCCS1(=O)=O. The molecule has 2 rings (SSSR count). The van der Waals surface area contributed by atoms with Crippen LogP contribution in [0, 0.1) is 0 Å². The van der Waals surface area contributed by atoms with Gasteiger partial charge in [0.2, 0.25) is 0 Å². The molecule has 1 heterocycles. The van der Waals surface area contributed by atoms with Gasteiger partial charge >= 0.3 is 0 Å². The van der Waals surface area contributed by atoms with Crippen LogP contribution in [0.3, 0.4) is 0 Å². The Kier molecular flexibility index (Phi) is 5.05. The summed E-state index contributed by atoms with van der Waals surface area (Å²) >= 11 is 0. The van der Waals surface area contributed by atoms with Gasteiger partial charge in [-0.2, -0.15) is 0 Å². The predicted octanol–water partition coefficient (Wildman–Crippen LogP) is 1.79. The summed E-state index contributed by atoms with van der Waals surface area (Å²) in [6.45, 7) is 0. The number of hydrogen-bond acceptors (Lipinski definition) is 4. The van der Waals surface area contributed by atoms with E-state index in [9.17, 15) is 8.42 Å². The Balaban J connectivity index is 2.11. The van der Waals surface area contributed by atoms with Gasteiger partial charge in [-0.15, -0.1) is 0 Å². The molecule has 0 saturated carbocycles. The van der Waals surface area contributed by atoms with Gasteiger partial charge < -0.3 is 10.1 Å². The average molecular weight is 297 g/mol. The Bertz CT molecular complexity index is 525. The van der Waals surface area contributed by atoms with Gasteiger partial charge in [0.15, 0.2) is 9.84 Å². The molecule has 1 aliphatic rings. The van der Waals surface area contributed by atoms with E-state index in [1.54, 1.807) is 7.11 Å². The maximum Gasteiger partial charge on any atom is 0.154 e. The zero-order chi connectivity index (χ0) is 14.6. The highest BCUT2D eigenvalue weighted by atomic mass is 32.2. The average Bonchev–Trinajstić information content (AvgIpc) is 2.45. The first-order chi connectivity index (χ1) is 9.56. The molecule has 0 aromatic heterocycles. The molecular weight excluding hydrogens is 274 g/mol. The quantitative estimate of drug-likeness (QED) is 0.900. The second-order valence-electron chi connectivity index (χ2n) is 5.35. The minimum atomic E-state index is -2.95. The van der Waals surface area contributed by atoms with Gasteiger partial charge in [-0.1, -0.05) is 18.6 Å². The van der Waals surface area contributed by atoms with E-state index in [2.05, 4.69) is 5.32 Å². The van der Waals surface area contributed by atoms with Gasteiger partial charge in [-0.05, 0) is 44.0 Å². The van der Waals surface area contributed by atoms with Gasteiger partial charge in [0.1, 0.15) is 5.75 Å². The number of ether oxygens (including phenoxy) is 1. The standard InChI is InChI=1S/C15H23NO3S/c1-16-14(15-5-3-4-10-20(15,17)18)11-12-6-8-13(19-2)9-7-12/h6-9,14-16H,3-5,10-11H2,1-2H3. The number of likely N-dealkylation sites (N-methyl/N-ethyl adjacent to an activating group) is 1. The summed E-state index contributed by atoms with van der Waals surface area (Å²) in [5, 5.41) is 2.93.